The summed E-state index contributed by atoms with van der Waals surface area (Å²) in [6, 6.07) is 5.29. The first-order valence-corrected chi connectivity index (χ1v) is 6.95. The Balaban J connectivity index is 1.93. The number of imidazole rings is 1. The summed E-state index contributed by atoms with van der Waals surface area (Å²) in [5.74, 6) is 0.857. The number of nitrogens with one attached hydrogen (secondary N) is 3. The van der Waals surface area contributed by atoms with Crippen LogP contribution in [0.2, 0.25) is 0 Å². The van der Waals surface area contributed by atoms with Gasteiger partial charge in [-0.25, -0.2) is 4.79 Å². The average molecular weight is 279 g/mol. The number of rotatable bonds is 6. The molecule has 19 heavy (non-hydrogen) atoms. The number of hydrogen-bond acceptors (Lipinski definition) is 3. The molecule has 6 heteroatoms. The molecule has 1 aromatic carbocycles. The smallest absolute Gasteiger partial charge is 0.323 e. The van der Waals surface area contributed by atoms with E-state index in [2.05, 4.69) is 27.9 Å². The molecule has 3 N–H and O–H groups in total. The summed E-state index contributed by atoms with van der Waals surface area (Å²) >= 11 is 4.13. The van der Waals surface area contributed by atoms with Gasteiger partial charge in [0.2, 0.25) is 5.91 Å². The minimum absolute atomic E-state index is 0.00334. The van der Waals surface area contributed by atoms with Gasteiger partial charge < -0.3 is 15.3 Å². The number of aromatic nitrogens is 2. The third kappa shape index (κ3) is 3.89. The lowest BCUT2D eigenvalue weighted by atomic mass is 10.2. The van der Waals surface area contributed by atoms with E-state index >= 15 is 0 Å². The van der Waals surface area contributed by atoms with Crippen molar-refractivity contribution in [2.75, 3.05) is 11.1 Å². The number of aromatic amines is 2. The van der Waals surface area contributed by atoms with Gasteiger partial charge in [-0.2, -0.15) is 12.6 Å². The summed E-state index contributed by atoms with van der Waals surface area (Å²) in [6.07, 6.45) is 3.43. The topological polar surface area (TPSA) is 77.8 Å². The second-order valence-corrected chi connectivity index (χ2v) is 4.87. The molecule has 5 nitrogen and oxygen atoms in total. The fraction of sp³-hybridized carbons (Fsp3) is 0.385. The summed E-state index contributed by atoms with van der Waals surface area (Å²) in [4.78, 5) is 28.1. The molecule has 0 bridgehead atoms. The molecule has 0 saturated heterocycles. The number of carbonyl (C=O) groups excluding carboxylic acids is 1. The molecule has 0 atom stereocenters. The Labute approximate surface area is 116 Å². The van der Waals surface area contributed by atoms with Gasteiger partial charge in [0.15, 0.2) is 0 Å². The van der Waals surface area contributed by atoms with Crippen LogP contribution in [0.3, 0.4) is 0 Å². The third-order valence-corrected chi connectivity index (χ3v) is 3.18. The van der Waals surface area contributed by atoms with Gasteiger partial charge in [-0.1, -0.05) is 6.42 Å². The molecule has 102 valence electrons. The van der Waals surface area contributed by atoms with Crippen molar-refractivity contribution in [2.24, 2.45) is 0 Å². The lowest BCUT2D eigenvalue weighted by Crippen LogP contribution is -2.10. The van der Waals surface area contributed by atoms with E-state index in [1.54, 1.807) is 18.2 Å². The van der Waals surface area contributed by atoms with Crippen molar-refractivity contribution in [3.63, 3.8) is 0 Å². The van der Waals surface area contributed by atoms with Crippen LogP contribution in [0.1, 0.15) is 25.7 Å². The minimum atomic E-state index is -0.245. The third-order valence-electron chi connectivity index (χ3n) is 2.86. The van der Waals surface area contributed by atoms with Crippen LogP contribution >= 0.6 is 12.6 Å². The van der Waals surface area contributed by atoms with Gasteiger partial charge in [0.05, 0.1) is 11.0 Å². The van der Waals surface area contributed by atoms with Gasteiger partial charge in [-0.05, 0) is 36.8 Å². The van der Waals surface area contributed by atoms with Crippen LogP contribution in [-0.2, 0) is 4.79 Å². The predicted molar refractivity (Wildman–Crippen MR) is 79.9 cm³/mol. The lowest BCUT2D eigenvalue weighted by molar-refractivity contribution is -0.116. The number of H-pyrrole nitrogens is 2. The van der Waals surface area contributed by atoms with E-state index in [0.29, 0.717) is 17.6 Å². The summed E-state index contributed by atoms with van der Waals surface area (Å²) in [6.45, 7) is 0. The molecular formula is C13H17N3O2S. The zero-order chi connectivity index (χ0) is 13.7. The second-order valence-electron chi connectivity index (χ2n) is 4.42. The van der Waals surface area contributed by atoms with Gasteiger partial charge in [-0.15, -0.1) is 0 Å². The number of hydrogen-bond donors (Lipinski definition) is 4. The van der Waals surface area contributed by atoms with Crippen LogP contribution in [0.25, 0.3) is 11.0 Å². The van der Waals surface area contributed by atoms with Crippen LogP contribution in [0, 0.1) is 0 Å². The normalized spacial score (nSPS) is 10.8. The Kier molecular flexibility index (Phi) is 4.68. The highest BCUT2D eigenvalue weighted by Crippen LogP contribution is 2.15. The van der Waals surface area contributed by atoms with E-state index in [9.17, 15) is 9.59 Å². The van der Waals surface area contributed by atoms with E-state index < -0.39 is 0 Å². The Morgan fingerprint density at radius 1 is 1.16 bits per heavy atom. The van der Waals surface area contributed by atoms with Crippen molar-refractivity contribution in [1.29, 1.82) is 0 Å². The molecule has 0 saturated carbocycles. The molecule has 2 rings (SSSR count). The highest BCUT2D eigenvalue weighted by molar-refractivity contribution is 7.80. The number of benzene rings is 1. The maximum Gasteiger partial charge on any atom is 0.323 e. The number of fused-ring (bicyclic) bond motifs is 1. The van der Waals surface area contributed by atoms with Gasteiger partial charge in [0.25, 0.3) is 0 Å². The molecule has 1 aromatic heterocycles. The largest absolute Gasteiger partial charge is 0.326 e. The molecular weight excluding hydrogens is 262 g/mol. The van der Waals surface area contributed by atoms with Crippen molar-refractivity contribution in [3.8, 4) is 0 Å². The molecule has 1 heterocycles. The highest BCUT2D eigenvalue weighted by Gasteiger charge is 2.04. The summed E-state index contributed by atoms with van der Waals surface area (Å²) in [5, 5.41) is 2.83. The van der Waals surface area contributed by atoms with Crippen LogP contribution in [0.4, 0.5) is 5.69 Å². The highest BCUT2D eigenvalue weighted by atomic mass is 32.1. The fourth-order valence-corrected chi connectivity index (χ4v) is 2.13. The van der Waals surface area contributed by atoms with E-state index in [4.69, 9.17) is 0 Å². The maximum atomic E-state index is 11.7. The van der Waals surface area contributed by atoms with Gasteiger partial charge >= 0.3 is 5.69 Å². The molecule has 0 aliphatic heterocycles. The molecule has 0 aliphatic carbocycles. The average Bonchev–Trinajstić information content (AvgIpc) is 2.74. The van der Waals surface area contributed by atoms with E-state index in [1.807, 2.05) is 0 Å². The Hall–Kier alpha value is -1.69. The van der Waals surface area contributed by atoms with Crippen LogP contribution in [0.15, 0.2) is 23.0 Å². The van der Waals surface area contributed by atoms with Crippen molar-refractivity contribution in [2.45, 2.75) is 25.7 Å². The molecule has 0 unspecified atom stereocenters. The molecule has 2 aromatic rings. The first-order valence-electron chi connectivity index (χ1n) is 6.32. The summed E-state index contributed by atoms with van der Waals surface area (Å²) in [5.41, 5.74) is 1.88. The van der Waals surface area contributed by atoms with Crippen molar-refractivity contribution < 1.29 is 4.79 Å². The first kappa shape index (κ1) is 13.7. The lowest BCUT2D eigenvalue weighted by Gasteiger charge is -2.05. The van der Waals surface area contributed by atoms with Gasteiger partial charge in [-0.3, -0.25) is 4.79 Å². The summed E-state index contributed by atoms with van der Waals surface area (Å²) in [7, 11) is 0. The number of amides is 1. The first-order chi connectivity index (χ1) is 9.19. The fourth-order valence-electron chi connectivity index (χ4n) is 1.91. The predicted octanol–water partition coefficient (Wildman–Crippen LogP) is 2.28. The monoisotopic (exact) mass is 279 g/mol. The number of carbonyl (C=O) groups is 1. The number of unbranched alkanes of at least 4 members (excludes halogenated alkanes) is 2. The Bertz CT molecular complexity index is 618. The van der Waals surface area contributed by atoms with Crippen LogP contribution in [-0.4, -0.2) is 21.6 Å². The SMILES string of the molecule is O=C(CCCCCS)Nc1ccc2[nH]c(=O)[nH]c2c1. The van der Waals surface area contributed by atoms with E-state index in [1.165, 1.54) is 0 Å². The maximum absolute atomic E-state index is 11.7. The Morgan fingerprint density at radius 3 is 2.74 bits per heavy atom. The quantitative estimate of drug-likeness (QED) is 0.483. The van der Waals surface area contributed by atoms with Crippen LogP contribution < -0.4 is 11.0 Å². The summed E-state index contributed by atoms with van der Waals surface area (Å²) < 4.78 is 0. The van der Waals surface area contributed by atoms with Crippen molar-refractivity contribution >= 4 is 35.3 Å². The molecule has 0 aliphatic rings. The number of thiol groups is 1. The van der Waals surface area contributed by atoms with Crippen LogP contribution in [0.5, 0.6) is 0 Å². The molecule has 1 amide bonds. The number of anilines is 1. The van der Waals surface area contributed by atoms with Crippen molar-refractivity contribution in [3.05, 3.63) is 28.7 Å². The van der Waals surface area contributed by atoms with E-state index in [0.717, 1.165) is 30.5 Å². The zero-order valence-electron chi connectivity index (χ0n) is 10.5. The van der Waals surface area contributed by atoms with Gasteiger partial charge in [0.1, 0.15) is 0 Å². The Morgan fingerprint density at radius 2 is 1.95 bits per heavy atom. The van der Waals surface area contributed by atoms with Crippen molar-refractivity contribution in [1.82, 2.24) is 9.97 Å². The zero-order valence-corrected chi connectivity index (χ0v) is 11.4. The minimum Gasteiger partial charge on any atom is -0.326 e. The van der Waals surface area contributed by atoms with Gasteiger partial charge in [0, 0.05) is 12.1 Å². The molecule has 0 radical (unpaired) electrons. The second kappa shape index (κ2) is 6.47. The standard InChI is InChI=1S/C13H17N3O2S/c17-12(4-2-1-3-7-19)14-9-5-6-10-11(8-9)16-13(18)15-10/h5-6,8,19H,1-4,7H2,(H,14,17)(H2,15,16,18). The molecule has 0 spiro atoms. The molecule has 0 fully saturated rings. The van der Waals surface area contributed by atoms with E-state index in [-0.39, 0.29) is 11.6 Å².